The lowest BCUT2D eigenvalue weighted by molar-refractivity contribution is 0.901. The van der Waals surface area contributed by atoms with Crippen LogP contribution in [0, 0.1) is 0 Å². The average Bonchev–Trinajstić information content (AvgIpc) is 3.03. The number of benzene rings is 4. The van der Waals surface area contributed by atoms with Gasteiger partial charge in [0.05, 0.1) is 6.04 Å². The predicted molar refractivity (Wildman–Crippen MR) is 110 cm³/mol. The molecule has 0 aliphatic heterocycles. The monoisotopic (exact) mass is 335 g/mol. The molecule has 0 unspecified atom stereocenters. The van der Waals surface area contributed by atoms with E-state index in [0.717, 1.165) is 0 Å². The van der Waals surface area contributed by atoms with Crippen molar-refractivity contribution in [2.45, 2.75) is 6.04 Å². The highest BCUT2D eigenvalue weighted by Gasteiger charge is 2.24. The molecule has 4 aromatic rings. The van der Waals surface area contributed by atoms with Crippen LogP contribution < -0.4 is 5.73 Å². The van der Waals surface area contributed by atoms with Gasteiger partial charge in [-0.1, -0.05) is 109 Å². The minimum Gasteiger partial charge on any atom is -0.320 e. The number of rotatable bonds is 1. The highest BCUT2D eigenvalue weighted by Crippen LogP contribution is 2.41. The Morgan fingerprint density at radius 2 is 0.769 bits per heavy atom. The van der Waals surface area contributed by atoms with Gasteiger partial charge in [0.15, 0.2) is 0 Å². The van der Waals surface area contributed by atoms with Crippen LogP contribution in [0.1, 0.15) is 17.2 Å². The van der Waals surface area contributed by atoms with Gasteiger partial charge in [0, 0.05) is 0 Å². The van der Waals surface area contributed by atoms with E-state index in [0.29, 0.717) is 0 Å². The second-order valence-corrected chi connectivity index (χ2v) is 6.38. The van der Waals surface area contributed by atoms with Gasteiger partial charge in [-0.05, 0) is 33.4 Å². The highest BCUT2D eigenvalue weighted by atomic mass is 14.7. The van der Waals surface area contributed by atoms with Crippen molar-refractivity contribution in [2.24, 2.45) is 5.73 Å². The lowest BCUT2D eigenvalue weighted by Crippen LogP contribution is -2.07. The minimum absolute atomic E-state index is 0.0578. The van der Waals surface area contributed by atoms with E-state index in [1.165, 1.54) is 33.4 Å². The van der Waals surface area contributed by atoms with E-state index in [2.05, 4.69) is 84.9 Å². The van der Waals surface area contributed by atoms with E-state index >= 15 is 0 Å². The van der Waals surface area contributed by atoms with Crippen LogP contribution in [0.4, 0.5) is 0 Å². The van der Waals surface area contributed by atoms with Crippen molar-refractivity contribution in [1.29, 1.82) is 0 Å². The van der Waals surface area contributed by atoms with Crippen LogP contribution >= 0.6 is 0 Å². The van der Waals surface area contributed by atoms with Crippen molar-refractivity contribution in [1.82, 2.24) is 0 Å². The van der Waals surface area contributed by atoms with Crippen LogP contribution in [0.3, 0.4) is 0 Å². The molecule has 0 aromatic heterocycles. The summed E-state index contributed by atoms with van der Waals surface area (Å²) in [6, 6.07) is 37.6. The first-order chi connectivity index (χ1) is 12.8. The maximum atomic E-state index is 6.16. The quantitative estimate of drug-likeness (QED) is 0.449. The Bertz CT molecular complexity index is 908. The van der Waals surface area contributed by atoms with E-state index in [1.807, 2.05) is 24.3 Å². The fourth-order valence-corrected chi connectivity index (χ4v) is 3.46. The summed E-state index contributed by atoms with van der Waals surface area (Å²) in [5.41, 5.74) is 13.8. The Kier molecular flexibility index (Phi) is 4.63. The molecule has 1 aliphatic carbocycles. The third kappa shape index (κ3) is 3.17. The van der Waals surface area contributed by atoms with E-state index in [4.69, 9.17) is 5.73 Å². The van der Waals surface area contributed by atoms with E-state index in [-0.39, 0.29) is 6.04 Å². The second-order valence-electron chi connectivity index (χ2n) is 6.38. The molecule has 0 amide bonds. The fourth-order valence-electron chi connectivity index (χ4n) is 3.46. The molecule has 1 aliphatic rings. The van der Waals surface area contributed by atoms with Gasteiger partial charge in [-0.15, -0.1) is 0 Å². The minimum atomic E-state index is 0.0578. The normalized spacial score (nSPS) is 11.9. The topological polar surface area (TPSA) is 26.0 Å². The van der Waals surface area contributed by atoms with Crippen LogP contribution in [-0.4, -0.2) is 0 Å². The summed E-state index contributed by atoms with van der Waals surface area (Å²) in [7, 11) is 0. The average molecular weight is 335 g/mol. The van der Waals surface area contributed by atoms with Gasteiger partial charge in [0.25, 0.3) is 0 Å². The smallest absolute Gasteiger partial charge is 0.0563 e. The SMILES string of the molecule is NC1c2ccccc2-c2ccccc21.c1ccc(-c2ccccc2)cc1. The molecule has 0 saturated heterocycles. The van der Waals surface area contributed by atoms with Crippen molar-refractivity contribution in [3.05, 3.63) is 120 Å². The molecular formula is C25H21N. The van der Waals surface area contributed by atoms with Crippen LogP contribution in [-0.2, 0) is 0 Å². The molecule has 0 spiro atoms. The fraction of sp³-hybridized carbons (Fsp3) is 0.0400. The maximum absolute atomic E-state index is 6.16. The number of hydrogen-bond donors (Lipinski definition) is 1. The summed E-state index contributed by atoms with van der Waals surface area (Å²) in [6.07, 6.45) is 0. The van der Waals surface area contributed by atoms with Gasteiger partial charge in [0.2, 0.25) is 0 Å². The Hall–Kier alpha value is -3.16. The molecule has 26 heavy (non-hydrogen) atoms. The molecular weight excluding hydrogens is 314 g/mol. The lowest BCUT2D eigenvalue weighted by atomic mass is 10.1. The summed E-state index contributed by atoms with van der Waals surface area (Å²) in [6.45, 7) is 0. The van der Waals surface area contributed by atoms with Crippen molar-refractivity contribution in [3.63, 3.8) is 0 Å². The van der Waals surface area contributed by atoms with Gasteiger partial charge in [0.1, 0.15) is 0 Å². The van der Waals surface area contributed by atoms with Crippen molar-refractivity contribution in [3.8, 4) is 22.3 Å². The van der Waals surface area contributed by atoms with E-state index < -0.39 is 0 Å². The Morgan fingerprint density at radius 1 is 0.423 bits per heavy atom. The van der Waals surface area contributed by atoms with Gasteiger partial charge < -0.3 is 5.73 Å². The van der Waals surface area contributed by atoms with Gasteiger partial charge >= 0.3 is 0 Å². The Labute approximate surface area is 154 Å². The molecule has 5 rings (SSSR count). The Balaban J connectivity index is 0.000000131. The molecule has 0 fully saturated rings. The zero-order valence-corrected chi connectivity index (χ0v) is 14.5. The van der Waals surface area contributed by atoms with Crippen LogP contribution in [0.2, 0.25) is 0 Å². The number of fused-ring (bicyclic) bond motifs is 3. The summed E-state index contributed by atoms with van der Waals surface area (Å²) in [5.74, 6) is 0. The zero-order chi connectivity index (χ0) is 17.8. The van der Waals surface area contributed by atoms with E-state index in [9.17, 15) is 0 Å². The molecule has 0 atom stereocenters. The summed E-state index contributed by atoms with van der Waals surface area (Å²) >= 11 is 0. The van der Waals surface area contributed by atoms with Crippen molar-refractivity contribution < 1.29 is 0 Å². The van der Waals surface area contributed by atoms with E-state index in [1.54, 1.807) is 0 Å². The molecule has 0 heterocycles. The van der Waals surface area contributed by atoms with Crippen LogP contribution in [0.25, 0.3) is 22.3 Å². The highest BCUT2D eigenvalue weighted by molar-refractivity contribution is 5.78. The van der Waals surface area contributed by atoms with Gasteiger partial charge in [-0.2, -0.15) is 0 Å². The van der Waals surface area contributed by atoms with Crippen LogP contribution in [0.5, 0.6) is 0 Å². The standard InChI is InChI=1S/C13H11N.C12H10/c14-13-11-7-3-1-5-9(11)10-6-2-4-8-12(10)13;1-3-7-11(8-4-1)12-9-5-2-6-10-12/h1-8,13H,14H2;1-10H. The Morgan fingerprint density at radius 3 is 1.19 bits per heavy atom. The maximum Gasteiger partial charge on any atom is 0.0563 e. The number of nitrogens with two attached hydrogens (primary N) is 1. The zero-order valence-electron chi connectivity index (χ0n) is 14.5. The van der Waals surface area contributed by atoms with Crippen molar-refractivity contribution >= 4 is 0 Å². The predicted octanol–water partition coefficient (Wildman–Crippen LogP) is 6.07. The number of hydrogen-bond acceptors (Lipinski definition) is 1. The van der Waals surface area contributed by atoms with Gasteiger partial charge in [-0.25, -0.2) is 0 Å². The first-order valence-corrected chi connectivity index (χ1v) is 8.89. The summed E-state index contributed by atoms with van der Waals surface area (Å²) in [5, 5.41) is 0. The first-order valence-electron chi connectivity index (χ1n) is 8.89. The molecule has 0 radical (unpaired) electrons. The summed E-state index contributed by atoms with van der Waals surface area (Å²) in [4.78, 5) is 0. The molecule has 126 valence electrons. The lowest BCUT2D eigenvalue weighted by Gasteiger charge is -2.04. The van der Waals surface area contributed by atoms with Crippen LogP contribution in [0.15, 0.2) is 109 Å². The largest absolute Gasteiger partial charge is 0.320 e. The second kappa shape index (κ2) is 7.38. The molecule has 2 N–H and O–H groups in total. The molecule has 4 aromatic carbocycles. The first kappa shape index (κ1) is 16.3. The van der Waals surface area contributed by atoms with Crippen molar-refractivity contribution in [2.75, 3.05) is 0 Å². The molecule has 0 bridgehead atoms. The molecule has 0 saturated carbocycles. The molecule has 1 nitrogen and oxygen atoms in total. The third-order valence-corrected chi connectivity index (χ3v) is 4.76. The molecule has 1 heteroatoms. The summed E-state index contributed by atoms with van der Waals surface area (Å²) < 4.78 is 0. The third-order valence-electron chi connectivity index (χ3n) is 4.76. The van der Waals surface area contributed by atoms with Gasteiger partial charge in [-0.3, -0.25) is 0 Å².